The van der Waals surface area contributed by atoms with Crippen LogP contribution >= 0.6 is 11.6 Å². The van der Waals surface area contributed by atoms with Gasteiger partial charge in [-0.05, 0) is 31.0 Å². The summed E-state index contributed by atoms with van der Waals surface area (Å²) in [7, 11) is 0. The molecule has 0 aliphatic carbocycles. The molecule has 7 nitrogen and oxygen atoms in total. The van der Waals surface area contributed by atoms with Crippen molar-refractivity contribution >= 4 is 35.0 Å². The van der Waals surface area contributed by atoms with Gasteiger partial charge in [0.25, 0.3) is 0 Å². The Kier molecular flexibility index (Phi) is 5.92. The van der Waals surface area contributed by atoms with Crippen molar-refractivity contribution in [3.63, 3.8) is 0 Å². The number of aromatic nitrogens is 2. The third kappa shape index (κ3) is 4.36. The Morgan fingerprint density at radius 1 is 1.11 bits per heavy atom. The Morgan fingerprint density at radius 3 is 2.61 bits per heavy atom. The first-order chi connectivity index (χ1) is 13.7. The first kappa shape index (κ1) is 19.0. The van der Waals surface area contributed by atoms with Gasteiger partial charge in [0.1, 0.15) is 5.82 Å². The van der Waals surface area contributed by atoms with Crippen LogP contribution in [0.25, 0.3) is 0 Å². The molecule has 0 atom stereocenters. The second kappa shape index (κ2) is 8.75. The molecule has 2 aliphatic rings. The minimum absolute atomic E-state index is 0.0822. The first-order valence-electron chi connectivity index (χ1n) is 9.67. The Morgan fingerprint density at radius 2 is 1.86 bits per heavy atom. The Labute approximate surface area is 169 Å². The number of anilines is 3. The van der Waals surface area contributed by atoms with Crippen LogP contribution in [-0.4, -0.2) is 60.2 Å². The van der Waals surface area contributed by atoms with E-state index in [9.17, 15) is 4.79 Å². The number of nitrogens with one attached hydrogen (secondary N) is 1. The monoisotopic (exact) mass is 401 g/mol. The number of carbonyl (C=O) groups is 1. The van der Waals surface area contributed by atoms with Crippen LogP contribution in [0.2, 0.25) is 5.02 Å². The number of hydrogen-bond donors (Lipinski definition) is 1. The number of para-hydroxylation sites is 1. The van der Waals surface area contributed by atoms with E-state index >= 15 is 0 Å². The van der Waals surface area contributed by atoms with Gasteiger partial charge in [-0.15, -0.1) is 0 Å². The zero-order valence-corrected chi connectivity index (χ0v) is 16.4. The molecule has 0 unspecified atom stereocenters. The SMILES string of the molecule is O=C(C1CCN(c2nccc(Nc3ccccc3Cl)n2)CC1)N1CCOCC1. The zero-order chi connectivity index (χ0) is 19.3. The van der Waals surface area contributed by atoms with E-state index in [2.05, 4.69) is 20.2 Å². The van der Waals surface area contributed by atoms with Gasteiger partial charge in [0.05, 0.1) is 23.9 Å². The van der Waals surface area contributed by atoms with Gasteiger partial charge in [-0.3, -0.25) is 4.79 Å². The van der Waals surface area contributed by atoms with Crippen LogP contribution in [0.4, 0.5) is 17.5 Å². The predicted octanol–water partition coefficient (Wildman–Crippen LogP) is 2.95. The molecule has 28 heavy (non-hydrogen) atoms. The largest absolute Gasteiger partial charge is 0.378 e. The van der Waals surface area contributed by atoms with Gasteiger partial charge in [0.2, 0.25) is 11.9 Å². The highest BCUT2D eigenvalue weighted by Gasteiger charge is 2.30. The zero-order valence-electron chi connectivity index (χ0n) is 15.7. The molecule has 1 N–H and O–H groups in total. The van der Waals surface area contributed by atoms with E-state index in [1.165, 1.54) is 0 Å². The fourth-order valence-electron chi connectivity index (χ4n) is 3.64. The van der Waals surface area contributed by atoms with Gasteiger partial charge in [-0.25, -0.2) is 4.98 Å². The van der Waals surface area contributed by atoms with Gasteiger partial charge in [0.15, 0.2) is 0 Å². The third-order valence-corrected chi connectivity index (χ3v) is 5.56. The van der Waals surface area contributed by atoms with Gasteiger partial charge < -0.3 is 19.9 Å². The normalized spacial score (nSPS) is 18.2. The number of amides is 1. The molecule has 1 aromatic carbocycles. The van der Waals surface area contributed by atoms with E-state index in [4.69, 9.17) is 16.3 Å². The standard InChI is InChI=1S/C20H24ClN5O2/c21-16-3-1-2-4-17(16)23-18-5-8-22-20(24-18)26-9-6-15(7-10-26)19(27)25-11-13-28-14-12-25/h1-5,8,15H,6-7,9-14H2,(H,22,23,24). The van der Waals surface area contributed by atoms with Crippen molar-refractivity contribution in [3.05, 3.63) is 41.6 Å². The van der Waals surface area contributed by atoms with Crippen molar-refractivity contribution in [1.29, 1.82) is 0 Å². The smallest absolute Gasteiger partial charge is 0.227 e. The molecule has 2 aromatic rings. The number of morpholine rings is 1. The second-order valence-corrected chi connectivity index (χ2v) is 7.45. The molecule has 2 fully saturated rings. The molecular formula is C20H24ClN5O2. The van der Waals surface area contributed by atoms with Crippen molar-refractivity contribution in [1.82, 2.24) is 14.9 Å². The number of hydrogen-bond acceptors (Lipinski definition) is 6. The molecule has 4 rings (SSSR count). The number of nitrogens with zero attached hydrogens (tertiary/aromatic N) is 4. The molecule has 1 aromatic heterocycles. The Balaban J connectivity index is 1.37. The summed E-state index contributed by atoms with van der Waals surface area (Å²) in [6.07, 6.45) is 3.38. The molecule has 3 heterocycles. The molecule has 2 aliphatic heterocycles. The lowest BCUT2D eigenvalue weighted by molar-refractivity contribution is -0.140. The lowest BCUT2D eigenvalue weighted by Gasteiger charge is -2.35. The lowest BCUT2D eigenvalue weighted by Crippen LogP contribution is -2.47. The van der Waals surface area contributed by atoms with Crippen LogP contribution < -0.4 is 10.2 Å². The molecule has 0 spiro atoms. The summed E-state index contributed by atoms with van der Waals surface area (Å²) in [6.45, 7) is 4.25. The van der Waals surface area contributed by atoms with Crippen molar-refractivity contribution in [2.75, 3.05) is 49.6 Å². The van der Waals surface area contributed by atoms with Gasteiger partial charge in [-0.2, -0.15) is 4.98 Å². The predicted molar refractivity (Wildman–Crippen MR) is 109 cm³/mol. The number of halogens is 1. The van der Waals surface area contributed by atoms with Gasteiger partial charge in [-0.1, -0.05) is 23.7 Å². The molecule has 148 valence electrons. The van der Waals surface area contributed by atoms with Crippen LogP contribution in [0.1, 0.15) is 12.8 Å². The number of rotatable bonds is 4. The van der Waals surface area contributed by atoms with Gasteiger partial charge >= 0.3 is 0 Å². The average molecular weight is 402 g/mol. The summed E-state index contributed by atoms with van der Waals surface area (Å²) in [4.78, 5) is 25.8. The quantitative estimate of drug-likeness (QED) is 0.849. The third-order valence-electron chi connectivity index (χ3n) is 5.23. The highest BCUT2D eigenvalue weighted by Crippen LogP contribution is 2.26. The highest BCUT2D eigenvalue weighted by atomic mass is 35.5. The molecule has 0 bridgehead atoms. The van der Waals surface area contributed by atoms with E-state index in [0.717, 1.165) is 31.6 Å². The summed E-state index contributed by atoms with van der Waals surface area (Å²) in [5.74, 6) is 1.72. The van der Waals surface area contributed by atoms with Crippen molar-refractivity contribution in [2.45, 2.75) is 12.8 Å². The van der Waals surface area contributed by atoms with Crippen LogP contribution in [0, 0.1) is 5.92 Å². The van der Waals surface area contributed by atoms with Crippen LogP contribution in [0.3, 0.4) is 0 Å². The molecule has 2 saturated heterocycles. The number of piperidine rings is 1. The minimum Gasteiger partial charge on any atom is -0.378 e. The van der Waals surface area contributed by atoms with E-state index in [1.807, 2.05) is 35.2 Å². The average Bonchev–Trinajstić information content (AvgIpc) is 2.76. The van der Waals surface area contributed by atoms with Crippen molar-refractivity contribution in [2.24, 2.45) is 5.92 Å². The lowest BCUT2D eigenvalue weighted by atomic mass is 9.95. The fraction of sp³-hybridized carbons (Fsp3) is 0.450. The molecular weight excluding hydrogens is 378 g/mol. The number of carbonyl (C=O) groups excluding carboxylic acids is 1. The highest BCUT2D eigenvalue weighted by molar-refractivity contribution is 6.33. The summed E-state index contributed by atoms with van der Waals surface area (Å²) in [5, 5.41) is 3.88. The van der Waals surface area contributed by atoms with E-state index in [1.54, 1.807) is 6.20 Å². The summed E-state index contributed by atoms with van der Waals surface area (Å²) >= 11 is 6.21. The maximum Gasteiger partial charge on any atom is 0.227 e. The van der Waals surface area contributed by atoms with E-state index in [-0.39, 0.29) is 11.8 Å². The fourth-order valence-corrected chi connectivity index (χ4v) is 3.82. The van der Waals surface area contributed by atoms with Crippen LogP contribution in [0.15, 0.2) is 36.5 Å². The number of benzene rings is 1. The van der Waals surface area contributed by atoms with Crippen molar-refractivity contribution in [3.8, 4) is 0 Å². The molecule has 8 heteroatoms. The topological polar surface area (TPSA) is 70.6 Å². The molecule has 0 radical (unpaired) electrons. The maximum atomic E-state index is 12.7. The van der Waals surface area contributed by atoms with Crippen LogP contribution in [-0.2, 0) is 9.53 Å². The first-order valence-corrected chi connectivity index (χ1v) is 10.0. The van der Waals surface area contributed by atoms with E-state index < -0.39 is 0 Å². The van der Waals surface area contributed by atoms with Crippen LogP contribution in [0.5, 0.6) is 0 Å². The molecule has 1 amide bonds. The number of ether oxygens (including phenoxy) is 1. The summed E-state index contributed by atoms with van der Waals surface area (Å²) in [5.41, 5.74) is 0.809. The summed E-state index contributed by atoms with van der Waals surface area (Å²) in [6, 6.07) is 9.38. The molecule has 0 saturated carbocycles. The minimum atomic E-state index is 0.0822. The Bertz CT molecular complexity index is 820. The summed E-state index contributed by atoms with van der Waals surface area (Å²) < 4.78 is 5.34. The van der Waals surface area contributed by atoms with Gasteiger partial charge in [0, 0.05) is 38.3 Å². The Hall–Kier alpha value is -2.38. The maximum absolute atomic E-state index is 12.7. The van der Waals surface area contributed by atoms with E-state index in [0.29, 0.717) is 43.1 Å². The second-order valence-electron chi connectivity index (χ2n) is 7.05. The van der Waals surface area contributed by atoms with Crippen molar-refractivity contribution < 1.29 is 9.53 Å².